The highest BCUT2D eigenvalue weighted by atomic mass is 35.5. The maximum atomic E-state index is 12.9. The van der Waals surface area contributed by atoms with Crippen LogP contribution in [-0.2, 0) is 12.6 Å². The largest absolute Gasteiger partial charge is 0.416 e. The number of alkyl halides is 4. The quantitative estimate of drug-likeness (QED) is 0.702. The van der Waals surface area contributed by atoms with Gasteiger partial charge in [-0.05, 0) is 29.7 Å². The molecule has 106 valence electrons. The summed E-state index contributed by atoms with van der Waals surface area (Å²) >= 11 is 12.1. The topological polar surface area (TPSA) is 12.9 Å². The second-order valence-electron chi connectivity index (χ2n) is 4.22. The van der Waals surface area contributed by atoms with Crippen LogP contribution in [0.3, 0.4) is 0 Å². The molecule has 1 aromatic carbocycles. The lowest BCUT2D eigenvalue weighted by Gasteiger charge is -2.17. The molecular weight excluding hydrogens is 310 g/mol. The highest BCUT2D eigenvalue weighted by Gasteiger charge is 2.34. The third-order valence-corrected chi connectivity index (χ3v) is 3.59. The standard InChI is InChI=1S/C14H10Cl2F3N/c15-12(7-9-5-6-20-8-13(9)16)10-3-1-2-4-11(10)14(17,18)19/h1-6,8,12H,7H2. The van der Waals surface area contributed by atoms with Crippen molar-refractivity contribution in [1.82, 2.24) is 4.98 Å². The van der Waals surface area contributed by atoms with E-state index in [2.05, 4.69) is 4.98 Å². The molecule has 0 bridgehead atoms. The normalized spacial score (nSPS) is 13.2. The molecule has 2 rings (SSSR count). The van der Waals surface area contributed by atoms with Crippen molar-refractivity contribution in [3.63, 3.8) is 0 Å². The van der Waals surface area contributed by atoms with Gasteiger partial charge in [0.1, 0.15) is 0 Å². The zero-order valence-corrected chi connectivity index (χ0v) is 11.7. The van der Waals surface area contributed by atoms with E-state index < -0.39 is 17.1 Å². The summed E-state index contributed by atoms with van der Waals surface area (Å²) in [6.45, 7) is 0. The summed E-state index contributed by atoms with van der Waals surface area (Å²) in [5.41, 5.74) is -0.00151. The molecule has 2 aromatic rings. The number of nitrogens with zero attached hydrogens (tertiary/aromatic N) is 1. The van der Waals surface area contributed by atoms with Crippen LogP contribution in [0.5, 0.6) is 0 Å². The van der Waals surface area contributed by atoms with Crippen LogP contribution < -0.4 is 0 Å². The van der Waals surface area contributed by atoms with Gasteiger partial charge in [-0.25, -0.2) is 0 Å². The predicted molar refractivity (Wildman–Crippen MR) is 73.0 cm³/mol. The van der Waals surface area contributed by atoms with Crippen LogP contribution in [0.1, 0.15) is 22.1 Å². The molecule has 0 amide bonds. The molecule has 0 aliphatic carbocycles. The first-order valence-corrected chi connectivity index (χ1v) is 6.59. The smallest absolute Gasteiger partial charge is 0.263 e. The molecule has 1 heterocycles. The van der Waals surface area contributed by atoms with E-state index in [1.165, 1.54) is 30.6 Å². The molecule has 1 unspecified atom stereocenters. The highest BCUT2D eigenvalue weighted by Crippen LogP contribution is 2.38. The van der Waals surface area contributed by atoms with E-state index in [0.29, 0.717) is 10.6 Å². The van der Waals surface area contributed by atoms with Gasteiger partial charge in [-0.2, -0.15) is 13.2 Å². The van der Waals surface area contributed by atoms with Crippen LogP contribution in [0.25, 0.3) is 0 Å². The molecule has 0 fully saturated rings. The fourth-order valence-corrected chi connectivity index (χ4v) is 2.45. The zero-order valence-electron chi connectivity index (χ0n) is 10.2. The van der Waals surface area contributed by atoms with Crippen molar-refractivity contribution in [2.24, 2.45) is 0 Å². The van der Waals surface area contributed by atoms with Crippen LogP contribution in [0.15, 0.2) is 42.7 Å². The maximum Gasteiger partial charge on any atom is 0.416 e. The second kappa shape index (κ2) is 6.02. The van der Waals surface area contributed by atoms with Crippen molar-refractivity contribution < 1.29 is 13.2 Å². The van der Waals surface area contributed by atoms with E-state index in [4.69, 9.17) is 23.2 Å². The summed E-state index contributed by atoms with van der Waals surface area (Å²) in [4.78, 5) is 3.83. The van der Waals surface area contributed by atoms with Gasteiger partial charge < -0.3 is 0 Å². The van der Waals surface area contributed by atoms with Gasteiger partial charge in [-0.3, -0.25) is 4.98 Å². The van der Waals surface area contributed by atoms with Gasteiger partial charge in [0, 0.05) is 12.4 Å². The van der Waals surface area contributed by atoms with Gasteiger partial charge in [0.2, 0.25) is 0 Å². The molecule has 0 N–H and O–H groups in total. The van der Waals surface area contributed by atoms with E-state index in [9.17, 15) is 13.2 Å². The number of aromatic nitrogens is 1. The molecule has 0 aliphatic rings. The van der Waals surface area contributed by atoms with Gasteiger partial charge in [-0.15, -0.1) is 11.6 Å². The van der Waals surface area contributed by atoms with E-state index in [1.807, 2.05) is 0 Å². The van der Waals surface area contributed by atoms with Crippen molar-refractivity contribution >= 4 is 23.2 Å². The number of hydrogen-bond donors (Lipinski definition) is 0. The van der Waals surface area contributed by atoms with Crippen LogP contribution in [0.4, 0.5) is 13.2 Å². The molecule has 6 heteroatoms. The van der Waals surface area contributed by atoms with Gasteiger partial charge in [-0.1, -0.05) is 29.8 Å². The van der Waals surface area contributed by atoms with Gasteiger partial charge >= 0.3 is 6.18 Å². The minimum atomic E-state index is -4.42. The average molecular weight is 320 g/mol. The van der Waals surface area contributed by atoms with Crippen molar-refractivity contribution in [1.29, 1.82) is 0 Å². The monoisotopic (exact) mass is 319 g/mol. The first-order valence-electron chi connectivity index (χ1n) is 5.78. The molecular formula is C14H10Cl2F3N. The van der Waals surface area contributed by atoms with Crippen LogP contribution in [-0.4, -0.2) is 4.98 Å². The molecule has 0 saturated carbocycles. The number of benzene rings is 1. The number of hydrogen-bond acceptors (Lipinski definition) is 1. The predicted octanol–water partition coefficient (Wildman–Crippen LogP) is 5.28. The van der Waals surface area contributed by atoms with Crippen molar-refractivity contribution in [3.8, 4) is 0 Å². The van der Waals surface area contributed by atoms with Gasteiger partial charge in [0.25, 0.3) is 0 Å². The molecule has 1 atom stereocenters. The van der Waals surface area contributed by atoms with E-state index >= 15 is 0 Å². The van der Waals surface area contributed by atoms with Crippen LogP contribution >= 0.6 is 23.2 Å². The SMILES string of the molecule is FC(F)(F)c1ccccc1C(Cl)Cc1ccncc1Cl. The fraction of sp³-hybridized carbons (Fsp3) is 0.214. The molecule has 0 aliphatic heterocycles. The Kier molecular flexibility index (Phi) is 4.55. The Balaban J connectivity index is 2.31. The fourth-order valence-electron chi connectivity index (χ4n) is 1.90. The molecule has 1 nitrogen and oxygen atoms in total. The molecule has 0 saturated heterocycles. The number of rotatable bonds is 3. The molecule has 20 heavy (non-hydrogen) atoms. The Morgan fingerprint density at radius 1 is 1.15 bits per heavy atom. The highest BCUT2D eigenvalue weighted by molar-refractivity contribution is 6.31. The summed E-state index contributed by atoms with van der Waals surface area (Å²) in [6.07, 6.45) is -1.25. The third-order valence-electron chi connectivity index (χ3n) is 2.86. The second-order valence-corrected chi connectivity index (χ2v) is 5.16. The van der Waals surface area contributed by atoms with Crippen LogP contribution in [0, 0.1) is 0 Å². The summed E-state index contributed by atoms with van der Waals surface area (Å²) in [5.74, 6) is 0. The minimum Gasteiger partial charge on any atom is -0.263 e. The van der Waals surface area contributed by atoms with Gasteiger partial charge in [0.05, 0.1) is 16.0 Å². The maximum absolute atomic E-state index is 12.9. The third kappa shape index (κ3) is 3.44. The van der Waals surface area contributed by atoms with E-state index in [0.717, 1.165) is 6.07 Å². The summed E-state index contributed by atoms with van der Waals surface area (Å²) < 4.78 is 38.8. The Labute approximate surface area is 124 Å². The average Bonchev–Trinajstić information content (AvgIpc) is 2.40. The lowest BCUT2D eigenvalue weighted by Crippen LogP contribution is -2.11. The minimum absolute atomic E-state index is 0.0505. The summed E-state index contributed by atoms with van der Waals surface area (Å²) in [7, 11) is 0. The molecule has 0 radical (unpaired) electrons. The summed E-state index contributed by atoms with van der Waals surface area (Å²) in [5, 5.41) is -0.421. The first kappa shape index (κ1) is 15.1. The Morgan fingerprint density at radius 2 is 1.85 bits per heavy atom. The molecule has 0 spiro atoms. The zero-order chi connectivity index (χ0) is 14.8. The number of pyridine rings is 1. The molecule has 1 aromatic heterocycles. The number of halogens is 5. The first-order chi connectivity index (χ1) is 9.39. The van der Waals surface area contributed by atoms with Crippen LogP contribution in [0.2, 0.25) is 5.02 Å². The Morgan fingerprint density at radius 3 is 2.50 bits per heavy atom. The lowest BCUT2D eigenvalue weighted by molar-refractivity contribution is -0.138. The van der Waals surface area contributed by atoms with Gasteiger partial charge in [0.15, 0.2) is 0 Å². The lowest BCUT2D eigenvalue weighted by atomic mass is 9.99. The van der Waals surface area contributed by atoms with E-state index in [-0.39, 0.29) is 12.0 Å². The van der Waals surface area contributed by atoms with Crippen molar-refractivity contribution in [2.45, 2.75) is 18.0 Å². The Hall–Kier alpha value is -1.26. The van der Waals surface area contributed by atoms with Crippen molar-refractivity contribution in [3.05, 3.63) is 64.4 Å². The van der Waals surface area contributed by atoms with Crippen molar-refractivity contribution in [2.75, 3.05) is 0 Å². The van der Waals surface area contributed by atoms with E-state index in [1.54, 1.807) is 6.07 Å². The summed E-state index contributed by atoms with van der Waals surface area (Å²) in [6, 6.07) is 6.94. The Bertz CT molecular complexity index is 599.